The summed E-state index contributed by atoms with van der Waals surface area (Å²) >= 11 is 0. The Hall–Kier alpha value is -0.120. The molecule has 3 heteroatoms. The summed E-state index contributed by atoms with van der Waals surface area (Å²) in [5.74, 6) is 0.621. The van der Waals surface area contributed by atoms with Crippen LogP contribution in [0, 0.1) is 5.92 Å². The normalized spacial score (nSPS) is 32.1. The summed E-state index contributed by atoms with van der Waals surface area (Å²) in [6, 6.07) is 1.16. The zero-order valence-electron chi connectivity index (χ0n) is 10.9. The largest absolute Gasteiger partial charge is 0.328 e. The second-order valence-corrected chi connectivity index (χ2v) is 5.78. The van der Waals surface area contributed by atoms with Crippen molar-refractivity contribution < 1.29 is 0 Å². The lowest BCUT2D eigenvalue weighted by Crippen LogP contribution is -2.55. The molecular formula is C13H27N3. The molecule has 2 saturated heterocycles. The molecule has 0 spiro atoms. The molecule has 0 aromatic heterocycles. The van der Waals surface area contributed by atoms with Crippen LogP contribution < -0.4 is 5.73 Å². The van der Waals surface area contributed by atoms with Crippen LogP contribution in [0.3, 0.4) is 0 Å². The summed E-state index contributed by atoms with van der Waals surface area (Å²) in [6.45, 7) is 10.7. The maximum Gasteiger partial charge on any atom is 0.0223 e. The van der Waals surface area contributed by atoms with E-state index in [4.69, 9.17) is 5.73 Å². The van der Waals surface area contributed by atoms with Crippen molar-refractivity contribution in [2.24, 2.45) is 11.7 Å². The van der Waals surface area contributed by atoms with E-state index >= 15 is 0 Å². The van der Waals surface area contributed by atoms with Crippen molar-refractivity contribution in [1.29, 1.82) is 0 Å². The van der Waals surface area contributed by atoms with Gasteiger partial charge in [0.25, 0.3) is 0 Å². The van der Waals surface area contributed by atoms with Crippen molar-refractivity contribution in [2.75, 3.05) is 32.7 Å². The molecule has 0 saturated carbocycles. The van der Waals surface area contributed by atoms with Gasteiger partial charge >= 0.3 is 0 Å². The zero-order chi connectivity index (χ0) is 11.5. The first-order valence-corrected chi connectivity index (χ1v) is 6.89. The van der Waals surface area contributed by atoms with Gasteiger partial charge in [-0.15, -0.1) is 0 Å². The highest BCUT2D eigenvalue weighted by Gasteiger charge is 2.29. The Labute approximate surface area is 100.0 Å². The molecule has 16 heavy (non-hydrogen) atoms. The van der Waals surface area contributed by atoms with E-state index in [1.807, 2.05) is 0 Å². The van der Waals surface area contributed by atoms with Gasteiger partial charge in [-0.1, -0.05) is 13.3 Å². The van der Waals surface area contributed by atoms with Crippen molar-refractivity contribution in [3.63, 3.8) is 0 Å². The Balaban J connectivity index is 1.80. The SMILES string of the molecule is CC(N)C(C)CN1CCN2CCCCC2C1. The van der Waals surface area contributed by atoms with Crippen molar-refractivity contribution in [3.05, 3.63) is 0 Å². The smallest absolute Gasteiger partial charge is 0.0223 e. The van der Waals surface area contributed by atoms with Gasteiger partial charge in [-0.05, 0) is 32.2 Å². The van der Waals surface area contributed by atoms with E-state index < -0.39 is 0 Å². The molecule has 3 nitrogen and oxygen atoms in total. The molecule has 0 aliphatic carbocycles. The number of hydrogen-bond acceptors (Lipinski definition) is 3. The lowest BCUT2D eigenvalue weighted by atomic mass is 9.98. The molecule has 3 atom stereocenters. The van der Waals surface area contributed by atoms with Gasteiger partial charge in [0, 0.05) is 38.3 Å². The lowest BCUT2D eigenvalue weighted by Gasteiger charge is -2.44. The van der Waals surface area contributed by atoms with E-state index in [1.54, 1.807) is 0 Å². The average molecular weight is 225 g/mol. The number of piperazine rings is 1. The standard InChI is InChI=1S/C13H27N3/c1-11(12(2)14)9-15-7-8-16-6-4-3-5-13(16)10-15/h11-13H,3-10,14H2,1-2H3. The Morgan fingerprint density at radius 2 is 2.00 bits per heavy atom. The lowest BCUT2D eigenvalue weighted by molar-refractivity contribution is 0.0416. The fourth-order valence-corrected chi connectivity index (χ4v) is 2.96. The molecule has 2 rings (SSSR count). The van der Waals surface area contributed by atoms with E-state index in [0.717, 1.165) is 6.04 Å². The molecule has 0 amide bonds. The summed E-state index contributed by atoms with van der Waals surface area (Å²) in [5, 5.41) is 0. The first-order chi connectivity index (χ1) is 7.66. The molecule has 2 N–H and O–H groups in total. The average Bonchev–Trinajstić information content (AvgIpc) is 2.28. The Bertz CT molecular complexity index is 217. The third kappa shape index (κ3) is 2.96. The molecular weight excluding hydrogens is 198 g/mol. The summed E-state index contributed by atoms with van der Waals surface area (Å²) in [5.41, 5.74) is 5.95. The molecule has 2 aliphatic heterocycles. The van der Waals surface area contributed by atoms with Gasteiger partial charge in [0.1, 0.15) is 0 Å². The van der Waals surface area contributed by atoms with Gasteiger partial charge in [-0.2, -0.15) is 0 Å². The first-order valence-electron chi connectivity index (χ1n) is 6.89. The topological polar surface area (TPSA) is 32.5 Å². The van der Waals surface area contributed by atoms with E-state index in [1.165, 1.54) is 52.0 Å². The van der Waals surface area contributed by atoms with Gasteiger partial charge in [0.15, 0.2) is 0 Å². The summed E-state index contributed by atoms with van der Waals surface area (Å²) in [6.07, 6.45) is 4.24. The highest BCUT2D eigenvalue weighted by Crippen LogP contribution is 2.21. The van der Waals surface area contributed by atoms with E-state index in [9.17, 15) is 0 Å². The first kappa shape index (κ1) is 12.3. The zero-order valence-corrected chi connectivity index (χ0v) is 10.9. The molecule has 2 aliphatic rings. The number of hydrogen-bond donors (Lipinski definition) is 1. The van der Waals surface area contributed by atoms with Crippen molar-refractivity contribution >= 4 is 0 Å². The van der Waals surface area contributed by atoms with E-state index in [2.05, 4.69) is 23.6 Å². The van der Waals surface area contributed by atoms with Crippen LogP contribution in [-0.2, 0) is 0 Å². The highest BCUT2D eigenvalue weighted by atomic mass is 15.3. The minimum atomic E-state index is 0.324. The summed E-state index contributed by atoms with van der Waals surface area (Å²) in [7, 11) is 0. The van der Waals surface area contributed by atoms with Crippen LogP contribution in [-0.4, -0.2) is 54.6 Å². The summed E-state index contributed by atoms with van der Waals surface area (Å²) in [4.78, 5) is 5.32. The maximum atomic E-state index is 5.95. The van der Waals surface area contributed by atoms with Crippen LogP contribution >= 0.6 is 0 Å². The van der Waals surface area contributed by atoms with Gasteiger partial charge in [-0.25, -0.2) is 0 Å². The van der Waals surface area contributed by atoms with Gasteiger partial charge in [-0.3, -0.25) is 4.90 Å². The predicted octanol–water partition coefficient (Wildman–Crippen LogP) is 1.14. The Morgan fingerprint density at radius 3 is 2.75 bits per heavy atom. The molecule has 94 valence electrons. The van der Waals surface area contributed by atoms with Crippen molar-refractivity contribution in [3.8, 4) is 0 Å². The second-order valence-electron chi connectivity index (χ2n) is 5.78. The fraction of sp³-hybridized carbons (Fsp3) is 1.00. The predicted molar refractivity (Wildman–Crippen MR) is 68.5 cm³/mol. The van der Waals surface area contributed by atoms with Crippen LogP contribution in [0.15, 0.2) is 0 Å². The van der Waals surface area contributed by atoms with Crippen LogP contribution in [0.5, 0.6) is 0 Å². The Kier molecular flexibility index (Phi) is 4.22. The van der Waals surface area contributed by atoms with Crippen molar-refractivity contribution in [1.82, 2.24) is 9.80 Å². The van der Waals surface area contributed by atoms with E-state index in [0.29, 0.717) is 12.0 Å². The van der Waals surface area contributed by atoms with Crippen molar-refractivity contribution in [2.45, 2.75) is 45.2 Å². The molecule has 3 unspecified atom stereocenters. The third-order valence-corrected chi connectivity index (χ3v) is 4.37. The quantitative estimate of drug-likeness (QED) is 0.782. The molecule has 2 fully saturated rings. The molecule has 0 radical (unpaired) electrons. The third-order valence-electron chi connectivity index (χ3n) is 4.37. The molecule has 2 heterocycles. The van der Waals surface area contributed by atoms with Gasteiger partial charge in [0.2, 0.25) is 0 Å². The molecule has 0 bridgehead atoms. The van der Waals surface area contributed by atoms with Crippen LogP contribution in [0.4, 0.5) is 0 Å². The minimum Gasteiger partial charge on any atom is -0.328 e. The van der Waals surface area contributed by atoms with Gasteiger partial charge < -0.3 is 10.6 Å². The van der Waals surface area contributed by atoms with Gasteiger partial charge in [0.05, 0.1) is 0 Å². The number of nitrogens with two attached hydrogens (primary N) is 1. The van der Waals surface area contributed by atoms with E-state index in [-0.39, 0.29) is 0 Å². The summed E-state index contributed by atoms with van der Waals surface area (Å²) < 4.78 is 0. The van der Waals surface area contributed by atoms with Crippen LogP contribution in [0.1, 0.15) is 33.1 Å². The monoisotopic (exact) mass is 225 g/mol. The van der Waals surface area contributed by atoms with Crippen LogP contribution in [0.2, 0.25) is 0 Å². The minimum absolute atomic E-state index is 0.324. The number of piperidine rings is 1. The fourth-order valence-electron chi connectivity index (χ4n) is 2.96. The molecule has 0 aromatic carbocycles. The molecule has 0 aromatic rings. The number of rotatable bonds is 3. The second kappa shape index (κ2) is 5.48. The maximum absolute atomic E-state index is 5.95. The van der Waals surface area contributed by atoms with Crippen LogP contribution in [0.25, 0.3) is 0 Å². The number of fused-ring (bicyclic) bond motifs is 1. The Morgan fingerprint density at radius 1 is 1.19 bits per heavy atom. The highest BCUT2D eigenvalue weighted by molar-refractivity contribution is 4.86. The number of nitrogens with zero attached hydrogens (tertiary/aromatic N) is 2.